The van der Waals surface area contributed by atoms with Gasteiger partial charge in [0, 0.05) is 12.2 Å². The van der Waals surface area contributed by atoms with Crippen LogP contribution in [0.1, 0.15) is 12.0 Å². The van der Waals surface area contributed by atoms with Crippen molar-refractivity contribution < 1.29 is 34.2 Å². The molecule has 31 heavy (non-hydrogen) atoms. The second kappa shape index (κ2) is 12.4. The third-order valence-corrected chi connectivity index (χ3v) is 4.41. The zero-order valence-corrected chi connectivity index (χ0v) is 17.3. The maximum atomic E-state index is 12.7. The van der Waals surface area contributed by atoms with Gasteiger partial charge in [0.2, 0.25) is 23.6 Å². The van der Waals surface area contributed by atoms with Crippen molar-refractivity contribution in [2.24, 2.45) is 11.5 Å². The lowest BCUT2D eigenvalue weighted by atomic mass is 10.0. The van der Waals surface area contributed by atoms with Gasteiger partial charge in [-0.15, -0.1) is 0 Å². The van der Waals surface area contributed by atoms with E-state index in [4.69, 9.17) is 16.6 Å². The van der Waals surface area contributed by atoms with Crippen LogP contribution in [0.25, 0.3) is 0 Å². The number of aliphatic carboxylic acids is 1. The number of primary amides is 1. The van der Waals surface area contributed by atoms with Crippen LogP contribution in [0.15, 0.2) is 24.3 Å². The zero-order chi connectivity index (χ0) is 23.6. The molecule has 0 aliphatic rings. The number of hydrogen-bond donors (Lipinski definition) is 8. The molecule has 0 fully saturated rings. The van der Waals surface area contributed by atoms with Crippen LogP contribution < -0.4 is 27.4 Å². The van der Waals surface area contributed by atoms with Crippen molar-refractivity contribution in [1.29, 1.82) is 0 Å². The predicted molar refractivity (Wildman–Crippen MR) is 112 cm³/mol. The number of hydrogen-bond acceptors (Lipinski definition) is 8. The number of carbonyl (C=O) groups excluding carboxylic acids is 4. The number of thiol groups is 1. The Labute approximate surface area is 183 Å². The number of benzene rings is 1. The molecule has 0 aromatic heterocycles. The number of carboxylic acid groups (broad SMARTS) is 1. The van der Waals surface area contributed by atoms with Gasteiger partial charge in [-0.25, -0.2) is 4.79 Å². The molecular formula is C18H25N5O7S. The van der Waals surface area contributed by atoms with Crippen LogP contribution in [-0.2, 0) is 30.4 Å². The molecule has 0 saturated carbocycles. The summed E-state index contributed by atoms with van der Waals surface area (Å²) in [5.41, 5.74) is 10.9. The highest BCUT2D eigenvalue weighted by Gasteiger charge is 2.30. The fourth-order valence-electron chi connectivity index (χ4n) is 2.47. The summed E-state index contributed by atoms with van der Waals surface area (Å²) >= 11 is 3.88. The standard InChI is InChI=1S/C18H25N5O7S/c19-7-15(26)21-12(6-14(20)25)17(28)22-11(5-9-1-3-10(24)4-2-9)16(27)23-13(8-31)18(29)30/h1-4,11-13,24,31H,5-8,19H2,(H2,20,25)(H,21,26)(H,22,28)(H,23,27)(H,29,30). The van der Waals surface area contributed by atoms with Crippen LogP contribution in [0.4, 0.5) is 0 Å². The first-order valence-corrected chi connectivity index (χ1v) is 9.70. The molecule has 13 heteroatoms. The van der Waals surface area contributed by atoms with Gasteiger partial charge in [0.15, 0.2) is 0 Å². The Hall–Kier alpha value is -3.32. The van der Waals surface area contributed by atoms with E-state index in [-0.39, 0.29) is 17.9 Å². The summed E-state index contributed by atoms with van der Waals surface area (Å²) < 4.78 is 0. The Balaban J connectivity index is 3.09. The van der Waals surface area contributed by atoms with E-state index in [1.54, 1.807) is 0 Å². The molecule has 0 heterocycles. The van der Waals surface area contributed by atoms with Crippen molar-refractivity contribution in [3.05, 3.63) is 29.8 Å². The minimum Gasteiger partial charge on any atom is -0.508 e. The fourth-order valence-corrected chi connectivity index (χ4v) is 2.72. The summed E-state index contributed by atoms with van der Waals surface area (Å²) in [5, 5.41) is 25.4. The number of rotatable bonds is 12. The van der Waals surface area contributed by atoms with Gasteiger partial charge in [0.05, 0.1) is 13.0 Å². The second-order valence-electron chi connectivity index (χ2n) is 6.51. The van der Waals surface area contributed by atoms with Gasteiger partial charge in [-0.3, -0.25) is 19.2 Å². The van der Waals surface area contributed by atoms with E-state index in [1.807, 2.05) is 0 Å². The largest absolute Gasteiger partial charge is 0.508 e. The molecule has 0 aliphatic carbocycles. The van der Waals surface area contributed by atoms with Crippen molar-refractivity contribution in [2.45, 2.75) is 31.0 Å². The highest BCUT2D eigenvalue weighted by molar-refractivity contribution is 7.80. The number of aromatic hydroxyl groups is 1. The molecule has 0 bridgehead atoms. The lowest BCUT2D eigenvalue weighted by molar-refractivity contribution is -0.141. The minimum atomic E-state index is -1.39. The summed E-state index contributed by atoms with van der Waals surface area (Å²) in [6.45, 7) is -0.442. The van der Waals surface area contributed by atoms with Gasteiger partial charge in [0.1, 0.15) is 23.9 Å². The van der Waals surface area contributed by atoms with Crippen LogP contribution >= 0.6 is 12.6 Å². The van der Waals surface area contributed by atoms with Gasteiger partial charge in [0.25, 0.3) is 0 Å². The molecule has 0 aliphatic heterocycles. The van der Waals surface area contributed by atoms with Crippen LogP contribution in [-0.4, -0.2) is 70.2 Å². The first-order chi connectivity index (χ1) is 14.6. The quantitative estimate of drug-likeness (QED) is 0.154. The summed E-state index contributed by atoms with van der Waals surface area (Å²) in [6.07, 6.45) is -0.621. The molecule has 4 amide bonds. The lowest BCUT2D eigenvalue weighted by Crippen LogP contribution is -2.57. The highest BCUT2D eigenvalue weighted by Crippen LogP contribution is 2.12. The summed E-state index contributed by atoms with van der Waals surface area (Å²) in [6, 6.07) is 1.79. The lowest BCUT2D eigenvalue weighted by Gasteiger charge is -2.24. The first kappa shape index (κ1) is 25.7. The monoisotopic (exact) mass is 455 g/mol. The van der Waals surface area contributed by atoms with Gasteiger partial charge >= 0.3 is 5.97 Å². The van der Waals surface area contributed by atoms with Crippen molar-refractivity contribution in [2.75, 3.05) is 12.3 Å². The van der Waals surface area contributed by atoms with Gasteiger partial charge in [-0.2, -0.15) is 12.6 Å². The third-order valence-electron chi connectivity index (χ3n) is 4.05. The van der Waals surface area contributed by atoms with E-state index < -0.39 is 60.7 Å². The number of phenols is 1. The Morgan fingerprint density at radius 1 is 0.935 bits per heavy atom. The molecule has 1 aromatic rings. The van der Waals surface area contributed by atoms with Crippen molar-refractivity contribution in [3.8, 4) is 5.75 Å². The Kier molecular flexibility index (Phi) is 10.3. The third kappa shape index (κ3) is 8.92. The summed E-state index contributed by atoms with van der Waals surface area (Å²) in [4.78, 5) is 59.4. The van der Waals surface area contributed by atoms with E-state index in [1.165, 1.54) is 24.3 Å². The zero-order valence-electron chi connectivity index (χ0n) is 16.4. The van der Waals surface area contributed by atoms with Crippen molar-refractivity contribution in [1.82, 2.24) is 16.0 Å². The highest BCUT2D eigenvalue weighted by atomic mass is 32.1. The number of phenolic OH excluding ortho intramolecular Hbond substituents is 1. The van der Waals surface area contributed by atoms with E-state index in [0.29, 0.717) is 5.56 Å². The van der Waals surface area contributed by atoms with Crippen LogP contribution in [0, 0.1) is 0 Å². The molecule has 1 aromatic carbocycles. The SMILES string of the molecule is NCC(=O)NC(CC(N)=O)C(=O)NC(Cc1ccc(O)cc1)C(=O)NC(CS)C(=O)O. The Morgan fingerprint density at radius 3 is 1.97 bits per heavy atom. The normalized spacial score (nSPS) is 13.4. The maximum Gasteiger partial charge on any atom is 0.327 e. The molecule has 170 valence electrons. The number of nitrogens with one attached hydrogen (secondary N) is 3. The van der Waals surface area contributed by atoms with Gasteiger partial charge in [-0.05, 0) is 17.7 Å². The smallest absolute Gasteiger partial charge is 0.327 e. The average Bonchev–Trinajstić information content (AvgIpc) is 2.71. The van der Waals surface area contributed by atoms with Crippen LogP contribution in [0.3, 0.4) is 0 Å². The number of carbonyl (C=O) groups is 5. The molecule has 1 rings (SSSR count). The molecule has 0 saturated heterocycles. The molecular weight excluding hydrogens is 430 g/mol. The topological polar surface area (TPSA) is 214 Å². The van der Waals surface area contributed by atoms with E-state index in [0.717, 1.165) is 0 Å². The van der Waals surface area contributed by atoms with Crippen molar-refractivity contribution >= 4 is 42.2 Å². The van der Waals surface area contributed by atoms with E-state index in [9.17, 15) is 29.1 Å². The Morgan fingerprint density at radius 2 is 1.48 bits per heavy atom. The van der Waals surface area contributed by atoms with E-state index in [2.05, 4.69) is 28.6 Å². The molecule has 12 nitrogen and oxygen atoms in total. The van der Waals surface area contributed by atoms with Crippen molar-refractivity contribution in [3.63, 3.8) is 0 Å². The summed E-state index contributed by atoms with van der Waals surface area (Å²) in [5.74, 6) is -4.85. The molecule has 0 spiro atoms. The number of nitrogens with two attached hydrogens (primary N) is 2. The summed E-state index contributed by atoms with van der Waals surface area (Å²) in [7, 11) is 0. The maximum absolute atomic E-state index is 12.7. The molecule has 9 N–H and O–H groups in total. The molecule has 3 atom stereocenters. The van der Waals surface area contributed by atoms with Crippen LogP contribution in [0.5, 0.6) is 5.75 Å². The fraction of sp³-hybridized carbons (Fsp3) is 0.389. The second-order valence-corrected chi connectivity index (χ2v) is 6.87. The van der Waals surface area contributed by atoms with Gasteiger partial charge < -0.3 is 37.6 Å². The average molecular weight is 455 g/mol. The van der Waals surface area contributed by atoms with E-state index >= 15 is 0 Å². The predicted octanol–water partition coefficient (Wildman–Crippen LogP) is -2.76. The first-order valence-electron chi connectivity index (χ1n) is 9.07. The minimum absolute atomic E-state index is 0.0131. The van der Waals surface area contributed by atoms with Crippen LogP contribution in [0.2, 0.25) is 0 Å². The number of amides is 4. The number of carboxylic acids is 1. The Bertz CT molecular complexity index is 818. The molecule has 0 radical (unpaired) electrons. The molecule has 3 unspecified atom stereocenters. The van der Waals surface area contributed by atoms with Gasteiger partial charge in [-0.1, -0.05) is 12.1 Å².